The first-order chi connectivity index (χ1) is 9.74. The van der Waals surface area contributed by atoms with Crippen LogP contribution < -0.4 is 11.1 Å². The summed E-state index contributed by atoms with van der Waals surface area (Å²) in [6.07, 6.45) is 1.28. The molecule has 2 heterocycles. The van der Waals surface area contributed by atoms with Crippen molar-refractivity contribution in [3.63, 3.8) is 0 Å². The molecule has 0 bridgehead atoms. The van der Waals surface area contributed by atoms with Crippen LogP contribution in [0, 0.1) is 5.92 Å². The van der Waals surface area contributed by atoms with Crippen molar-refractivity contribution >= 4 is 22.4 Å². The fraction of sp³-hybridized carbons (Fsp3) is 0.438. The van der Waals surface area contributed by atoms with Gasteiger partial charge in [-0.2, -0.15) is 0 Å². The highest BCUT2D eigenvalue weighted by Gasteiger charge is 2.20. The van der Waals surface area contributed by atoms with Crippen molar-refractivity contribution in [2.75, 3.05) is 37.2 Å². The summed E-state index contributed by atoms with van der Waals surface area (Å²) in [4.78, 5) is 7.14. The third kappa shape index (κ3) is 2.85. The van der Waals surface area contributed by atoms with E-state index < -0.39 is 0 Å². The van der Waals surface area contributed by atoms with Gasteiger partial charge in [-0.1, -0.05) is 6.92 Å². The summed E-state index contributed by atoms with van der Waals surface area (Å²) in [7, 11) is 0. The molecule has 1 aliphatic rings. The highest BCUT2D eigenvalue weighted by Crippen LogP contribution is 2.20. The maximum absolute atomic E-state index is 5.78. The molecule has 1 aromatic carbocycles. The Bertz CT molecular complexity index is 596. The number of aromatic nitrogens is 1. The van der Waals surface area contributed by atoms with Crippen molar-refractivity contribution in [3.8, 4) is 0 Å². The molecule has 20 heavy (non-hydrogen) atoms. The maximum atomic E-state index is 5.78. The van der Waals surface area contributed by atoms with Crippen LogP contribution in [-0.2, 0) is 0 Å². The zero-order valence-corrected chi connectivity index (χ0v) is 12.0. The van der Waals surface area contributed by atoms with Gasteiger partial charge in [0, 0.05) is 24.2 Å². The maximum Gasteiger partial charge on any atom is 0.126 e. The summed E-state index contributed by atoms with van der Waals surface area (Å²) < 4.78 is 0. The van der Waals surface area contributed by atoms with E-state index in [0.29, 0.717) is 0 Å². The van der Waals surface area contributed by atoms with Crippen LogP contribution in [0.5, 0.6) is 0 Å². The number of hydrogen-bond acceptors (Lipinski definition) is 4. The van der Waals surface area contributed by atoms with E-state index in [1.165, 1.54) is 19.5 Å². The second-order valence-electron chi connectivity index (χ2n) is 5.58. The van der Waals surface area contributed by atoms with Crippen LogP contribution >= 0.6 is 0 Å². The number of nitrogen functional groups attached to an aromatic ring is 1. The Hall–Kier alpha value is -1.81. The molecule has 1 atom stereocenters. The fourth-order valence-electron chi connectivity index (χ4n) is 2.86. The van der Waals surface area contributed by atoms with E-state index in [0.717, 1.165) is 41.4 Å². The summed E-state index contributed by atoms with van der Waals surface area (Å²) in [6, 6.07) is 9.95. The predicted molar refractivity (Wildman–Crippen MR) is 84.9 cm³/mol. The van der Waals surface area contributed by atoms with Gasteiger partial charge in [0.1, 0.15) is 5.82 Å². The number of hydrogen-bond donors (Lipinski definition) is 2. The molecule has 0 spiro atoms. The average molecular weight is 270 g/mol. The highest BCUT2D eigenvalue weighted by atomic mass is 15.1. The zero-order chi connectivity index (χ0) is 13.9. The van der Waals surface area contributed by atoms with Gasteiger partial charge in [0.15, 0.2) is 0 Å². The number of pyridine rings is 1. The van der Waals surface area contributed by atoms with Crippen LogP contribution in [0.3, 0.4) is 0 Å². The zero-order valence-electron chi connectivity index (χ0n) is 12.0. The van der Waals surface area contributed by atoms with E-state index >= 15 is 0 Å². The van der Waals surface area contributed by atoms with Crippen LogP contribution in [0.15, 0.2) is 30.3 Å². The van der Waals surface area contributed by atoms with Crippen LogP contribution in [0.25, 0.3) is 10.9 Å². The molecule has 3 rings (SSSR count). The number of rotatable bonds is 4. The number of fused-ring (bicyclic) bond motifs is 1. The topological polar surface area (TPSA) is 54.2 Å². The summed E-state index contributed by atoms with van der Waals surface area (Å²) in [5, 5.41) is 4.56. The van der Waals surface area contributed by atoms with Crippen LogP contribution in [0.2, 0.25) is 0 Å². The quantitative estimate of drug-likeness (QED) is 0.838. The summed E-state index contributed by atoms with van der Waals surface area (Å²) in [5.74, 6) is 1.69. The minimum atomic E-state index is 0.735. The summed E-state index contributed by atoms with van der Waals surface area (Å²) in [6.45, 7) is 6.82. The second-order valence-corrected chi connectivity index (χ2v) is 5.58. The molecular formula is C16H22N4. The van der Waals surface area contributed by atoms with E-state index in [1.807, 2.05) is 24.3 Å². The van der Waals surface area contributed by atoms with Crippen molar-refractivity contribution < 1.29 is 0 Å². The molecule has 0 aliphatic carbocycles. The van der Waals surface area contributed by atoms with E-state index in [1.54, 1.807) is 0 Å². The van der Waals surface area contributed by atoms with Gasteiger partial charge in [0.25, 0.3) is 0 Å². The lowest BCUT2D eigenvalue weighted by Crippen LogP contribution is -2.22. The number of nitrogens with two attached hydrogens (primary N) is 1. The fourth-order valence-corrected chi connectivity index (χ4v) is 2.86. The molecule has 0 amide bonds. The van der Waals surface area contributed by atoms with Crippen molar-refractivity contribution in [2.24, 2.45) is 5.92 Å². The first-order valence-electron chi connectivity index (χ1n) is 7.37. The Kier molecular flexibility index (Phi) is 3.74. The average Bonchev–Trinajstić information content (AvgIpc) is 2.93. The normalized spacial score (nSPS) is 19.6. The van der Waals surface area contributed by atoms with Gasteiger partial charge in [0.05, 0.1) is 5.52 Å². The van der Waals surface area contributed by atoms with Gasteiger partial charge in [-0.15, -0.1) is 0 Å². The van der Waals surface area contributed by atoms with Crippen LogP contribution in [-0.4, -0.2) is 36.1 Å². The van der Waals surface area contributed by atoms with E-state index in [2.05, 4.69) is 28.2 Å². The lowest BCUT2D eigenvalue weighted by atomic mass is 10.1. The lowest BCUT2D eigenvalue weighted by Gasteiger charge is -2.14. The number of benzene rings is 1. The highest BCUT2D eigenvalue weighted by molar-refractivity contribution is 5.83. The number of nitrogens with one attached hydrogen (secondary N) is 1. The van der Waals surface area contributed by atoms with Gasteiger partial charge >= 0.3 is 0 Å². The minimum Gasteiger partial charge on any atom is -0.399 e. The Morgan fingerprint density at radius 1 is 1.35 bits per heavy atom. The third-order valence-electron chi connectivity index (χ3n) is 4.10. The summed E-state index contributed by atoms with van der Waals surface area (Å²) in [5.41, 5.74) is 7.56. The molecular weight excluding hydrogens is 248 g/mol. The Labute approximate surface area is 120 Å². The molecule has 1 unspecified atom stereocenters. The number of likely N-dealkylation sites (tertiary alicyclic amines) is 1. The monoisotopic (exact) mass is 270 g/mol. The molecule has 2 aromatic rings. The minimum absolute atomic E-state index is 0.735. The van der Waals surface area contributed by atoms with E-state index in [9.17, 15) is 0 Å². The van der Waals surface area contributed by atoms with E-state index in [4.69, 9.17) is 5.73 Å². The molecule has 0 radical (unpaired) electrons. The van der Waals surface area contributed by atoms with Gasteiger partial charge in [-0.3, -0.25) is 0 Å². The Morgan fingerprint density at radius 3 is 3.05 bits per heavy atom. The van der Waals surface area contributed by atoms with Crippen LogP contribution in [0.4, 0.5) is 11.5 Å². The predicted octanol–water partition coefficient (Wildman–Crippen LogP) is 2.57. The van der Waals surface area contributed by atoms with Crippen LogP contribution in [0.1, 0.15) is 13.3 Å². The summed E-state index contributed by atoms with van der Waals surface area (Å²) >= 11 is 0. The number of nitrogens with zero attached hydrogens (tertiary/aromatic N) is 2. The van der Waals surface area contributed by atoms with Crippen molar-refractivity contribution in [2.45, 2.75) is 13.3 Å². The standard InChI is InChI=1S/C16H22N4/c1-2-20-8-7-12(11-20)10-18-16-6-3-13-9-14(17)4-5-15(13)19-16/h3-6,9,12H,2,7-8,10-11,17H2,1H3,(H,18,19). The van der Waals surface area contributed by atoms with Crippen molar-refractivity contribution in [3.05, 3.63) is 30.3 Å². The molecule has 4 nitrogen and oxygen atoms in total. The smallest absolute Gasteiger partial charge is 0.126 e. The second kappa shape index (κ2) is 5.67. The first-order valence-corrected chi connectivity index (χ1v) is 7.37. The number of anilines is 2. The Balaban J connectivity index is 1.64. The molecule has 1 aliphatic heterocycles. The molecule has 4 heteroatoms. The molecule has 1 saturated heterocycles. The third-order valence-corrected chi connectivity index (χ3v) is 4.10. The SMILES string of the molecule is CCN1CCC(CNc2ccc3cc(N)ccc3n2)C1. The van der Waals surface area contributed by atoms with Crippen molar-refractivity contribution in [1.29, 1.82) is 0 Å². The molecule has 106 valence electrons. The molecule has 1 fully saturated rings. The lowest BCUT2D eigenvalue weighted by molar-refractivity contribution is 0.345. The molecule has 1 aromatic heterocycles. The molecule has 0 saturated carbocycles. The van der Waals surface area contributed by atoms with Gasteiger partial charge in [-0.05, 0) is 55.8 Å². The van der Waals surface area contributed by atoms with Gasteiger partial charge in [-0.25, -0.2) is 4.98 Å². The largest absolute Gasteiger partial charge is 0.399 e. The van der Waals surface area contributed by atoms with E-state index in [-0.39, 0.29) is 0 Å². The molecule has 3 N–H and O–H groups in total. The first kappa shape index (κ1) is 13.2. The van der Waals surface area contributed by atoms with Gasteiger partial charge in [0.2, 0.25) is 0 Å². The van der Waals surface area contributed by atoms with Crippen molar-refractivity contribution in [1.82, 2.24) is 9.88 Å². The Morgan fingerprint density at radius 2 is 2.25 bits per heavy atom. The van der Waals surface area contributed by atoms with Gasteiger partial charge < -0.3 is 16.0 Å².